The van der Waals surface area contributed by atoms with Gasteiger partial charge in [0.15, 0.2) is 0 Å². The van der Waals surface area contributed by atoms with Crippen molar-refractivity contribution in [3.8, 4) is 5.75 Å². The van der Waals surface area contributed by atoms with E-state index in [9.17, 15) is 5.11 Å². The SMILES string of the molecule is CC1(C)[C@@H]2CC[C@@H](C2)[C@@]1(C)c1ccccc1O. The van der Waals surface area contributed by atoms with Gasteiger partial charge < -0.3 is 5.11 Å². The fourth-order valence-corrected chi connectivity index (χ4v) is 4.59. The van der Waals surface area contributed by atoms with Crippen LogP contribution in [0.3, 0.4) is 0 Å². The van der Waals surface area contributed by atoms with Crippen molar-refractivity contribution in [3.63, 3.8) is 0 Å². The van der Waals surface area contributed by atoms with Gasteiger partial charge in [0.1, 0.15) is 5.75 Å². The number of para-hydroxylation sites is 1. The van der Waals surface area contributed by atoms with E-state index in [0.717, 1.165) is 17.4 Å². The van der Waals surface area contributed by atoms with Crippen LogP contribution in [0.2, 0.25) is 0 Å². The second-order valence-corrected chi connectivity index (χ2v) is 6.65. The quantitative estimate of drug-likeness (QED) is 0.770. The lowest BCUT2D eigenvalue weighted by Crippen LogP contribution is -2.44. The second-order valence-electron chi connectivity index (χ2n) is 6.65. The maximum absolute atomic E-state index is 10.2. The molecule has 1 heteroatoms. The Labute approximate surface area is 104 Å². The average molecular weight is 230 g/mol. The third-order valence-corrected chi connectivity index (χ3v) is 6.07. The van der Waals surface area contributed by atoms with Crippen molar-refractivity contribution in [1.29, 1.82) is 0 Å². The van der Waals surface area contributed by atoms with Crippen molar-refractivity contribution in [2.24, 2.45) is 17.3 Å². The molecule has 0 heterocycles. The van der Waals surface area contributed by atoms with Crippen LogP contribution < -0.4 is 0 Å². The zero-order valence-corrected chi connectivity index (χ0v) is 11.0. The van der Waals surface area contributed by atoms with E-state index in [2.05, 4.69) is 32.9 Å². The number of fused-ring (bicyclic) bond motifs is 2. The maximum Gasteiger partial charge on any atom is 0.119 e. The average Bonchev–Trinajstić information content (AvgIpc) is 2.83. The smallest absolute Gasteiger partial charge is 0.119 e. The molecule has 17 heavy (non-hydrogen) atoms. The van der Waals surface area contributed by atoms with E-state index in [1.807, 2.05) is 12.1 Å². The first-order valence-corrected chi connectivity index (χ1v) is 6.76. The van der Waals surface area contributed by atoms with E-state index >= 15 is 0 Å². The van der Waals surface area contributed by atoms with Crippen LogP contribution in [0.15, 0.2) is 24.3 Å². The molecular weight excluding hydrogens is 208 g/mol. The molecule has 2 aliphatic rings. The molecule has 0 saturated heterocycles. The molecule has 1 aromatic carbocycles. The molecule has 1 N–H and O–H groups in total. The van der Waals surface area contributed by atoms with Gasteiger partial charge in [0.2, 0.25) is 0 Å². The number of aromatic hydroxyl groups is 1. The fraction of sp³-hybridized carbons (Fsp3) is 0.625. The molecule has 0 amide bonds. The van der Waals surface area contributed by atoms with Crippen LogP contribution >= 0.6 is 0 Å². The summed E-state index contributed by atoms with van der Waals surface area (Å²) in [6.07, 6.45) is 4.05. The van der Waals surface area contributed by atoms with Gasteiger partial charge in [0, 0.05) is 11.0 Å². The fourth-order valence-electron chi connectivity index (χ4n) is 4.59. The largest absolute Gasteiger partial charge is 0.508 e. The molecule has 0 aliphatic heterocycles. The Morgan fingerprint density at radius 1 is 1.06 bits per heavy atom. The van der Waals surface area contributed by atoms with Gasteiger partial charge in [-0.15, -0.1) is 0 Å². The minimum atomic E-state index is 0.140. The van der Waals surface area contributed by atoms with Crippen LogP contribution in [0.4, 0.5) is 0 Å². The lowest BCUT2D eigenvalue weighted by Gasteiger charge is -2.48. The Morgan fingerprint density at radius 3 is 2.29 bits per heavy atom. The Kier molecular flexibility index (Phi) is 2.14. The molecule has 2 saturated carbocycles. The standard InChI is InChI=1S/C16H22O/c1-15(2)11-8-9-12(10-11)16(15,3)13-6-4-5-7-14(13)17/h4-7,11-12,17H,8-10H2,1-3H3/t11-,12+,16+/m1/s1. The summed E-state index contributed by atoms with van der Waals surface area (Å²) in [7, 11) is 0. The maximum atomic E-state index is 10.2. The summed E-state index contributed by atoms with van der Waals surface area (Å²) in [6, 6.07) is 7.94. The number of phenols is 1. The van der Waals surface area contributed by atoms with Crippen molar-refractivity contribution in [2.75, 3.05) is 0 Å². The van der Waals surface area contributed by atoms with Crippen molar-refractivity contribution >= 4 is 0 Å². The van der Waals surface area contributed by atoms with Gasteiger partial charge in [-0.3, -0.25) is 0 Å². The van der Waals surface area contributed by atoms with Gasteiger partial charge in [0.05, 0.1) is 0 Å². The van der Waals surface area contributed by atoms with E-state index in [0.29, 0.717) is 11.2 Å². The first kappa shape index (κ1) is 11.1. The van der Waals surface area contributed by atoms with E-state index in [-0.39, 0.29) is 5.41 Å². The highest BCUT2D eigenvalue weighted by atomic mass is 16.3. The molecule has 0 radical (unpaired) electrons. The molecule has 0 unspecified atom stereocenters. The molecule has 3 rings (SSSR count). The zero-order valence-electron chi connectivity index (χ0n) is 11.0. The summed E-state index contributed by atoms with van der Waals surface area (Å²) in [5, 5.41) is 10.2. The normalized spacial score (nSPS) is 38.5. The Balaban J connectivity index is 2.16. The molecule has 2 bridgehead atoms. The van der Waals surface area contributed by atoms with Gasteiger partial charge in [-0.2, -0.15) is 0 Å². The topological polar surface area (TPSA) is 20.2 Å². The zero-order chi connectivity index (χ0) is 12.3. The first-order valence-electron chi connectivity index (χ1n) is 6.76. The monoisotopic (exact) mass is 230 g/mol. The number of hydrogen-bond acceptors (Lipinski definition) is 1. The van der Waals surface area contributed by atoms with Crippen LogP contribution in [0.5, 0.6) is 5.75 Å². The highest BCUT2D eigenvalue weighted by molar-refractivity contribution is 5.42. The van der Waals surface area contributed by atoms with Gasteiger partial charge in [-0.1, -0.05) is 39.0 Å². The van der Waals surface area contributed by atoms with Gasteiger partial charge in [-0.05, 0) is 42.6 Å². The molecule has 0 aromatic heterocycles. The van der Waals surface area contributed by atoms with E-state index in [1.165, 1.54) is 19.3 Å². The summed E-state index contributed by atoms with van der Waals surface area (Å²) < 4.78 is 0. The third-order valence-electron chi connectivity index (χ3n) is 6.07. The number of phenolic OH excluding ortho intramolecular Hbond substituents is 1. The molecule has 3 atom stereocenters. The third kappa shape index (κ3) is 1.20. The van der Waals surface area contributed by atoms with Crippen LogP contribution in [0.25, 0.3) is 0 Å². The summed E-state index contributed by atoms with van der Waals surface area (Å²) in [5.41, 5.74) is 1.60. The number of benzene rings is 1. The molecule has 2 aliphatic carbocycles. The van der Waals surface area contributed by atoms with Gasteiger partial charge >= 0.3 is 0 Å². The van der Waals surface area contributed by atoms with Crippen molar-refractivity contribution < 1.29 is 5.11 Å². The summed E-state index contributed by atoms with van der Waals surface area (Å²) >= 11 is 0. The van der Waals surface area contributed by atoms with E-state index < -0.39 is 0 Å². The Morgan fingerprint density at radius 2 is 1.71 bits per heavy atom. The van der Waals surface area contributed by atoms with Gasteiger partial charge in [0.25, 0.3) is 0 Å². The minimum absolute atomic E-state index is 0.140. The number of hydrogen-bond donors (Lipinski definition) is 1. The van der Waals surface area contributed by atoms with Crippen LogP contribution in [0.1, 0.15) is 45.6 Å². The molecule has 92 valence electrons. The molecular formula is C16H22O. The Bertz CT molecular complexity index is 449. The van der Waals surface area contributed by atoms with Crippen LogP contribution in [-0.4, -0.2) is 5.11 Å². The lowest BCUT2D eigenvalue weighted by molar-refractivity contribution is 0.0926. The number of rotatable bonds is 1. The highest BCUT2D eigenvalue weighted by Gasteiger charge is 2.61. The summed E-state index contributed by atoms with van der Waals surface area (Å²) in [6.45, 7) is 7.15. The minimum Gasteiger partial charge on any atom is -0.508 e. The molecule has 0 spiro atoms. The van der Waals surface area contributed by atoms with Crippen molar-refractivity contribution in [2.45, 2.75) is 45.4 Å². The first-order chi connectivity index (χ1) is 7.98. The Hall–Kier alpha value is -0.980. The van der Waals surface area contributed by atoms with Crippen LogP contribution in [-0.2, 0) is 5.41 Å². The van der Waals surface area contributed by atoms with Crippen molar-refractivity contribution in [1.82, 2.24) is 0 Å². The van der Waals surface area contributed by atoms with E-state index in [4.69, 9.17) is 0 Å². The second kappa shape index (κ2) is 3.28. The highest BCUT2D eigenvalue weighted by Crippen LogP contribution is 2.67. The predicted octanol–water partition coefficient (Wildman–Crippen LogP) is 4.11. The molecule has 2 fully saturated rings. The van der Waals surface area contributed by atoms with E-state index in [1.54, 1.807) is 0 Å². The predicted molar refractivity (Wildman–Crippen MR) is 70.1 cm³/mol. The van der Waals surface area contributed by atoms with Gasteiger partial charge in [-0.25, -0.2) is 0 Å². The summed E-state index contributed by atoms with van der Waals surface area (Å²) in [5.74, 6) is 2.06. The summed E-state index contributed by atoms with van der Waals surface area (Å²) in [4.78, 5) is 0. The lowest BCUT2D eigenvalue weighted by atomic mass is 9.56. The molecule has 1 aromatic rings. The van der Waals surface area contributed by atoms with Crippen molar-refractivity contribution in [3.05, 3.63) is 29.8 Å². The van der Waals surface area contributed by atoms with Crippen LogP contribution in [0, 0.1) is 17.3 Å². The molecule has 1 nitrogen and oxygen atoms in total.